The van der Waals surface area contributed by atoms with E-state index in [4.69, 9.17) is 4.74 Å². The maximum atomic E-state index is 13.1. The van der Waals surface area contributed by atoms with Crippen molar-refractivity contribution in [2.24, 2.45) is 0 Å². The second-order valence-corrected chi connectivity index (χ2v) is 10.2. The maximum absolute atomic E-state index is 13.1. The van der Waals surface area contributed by atoms with Crippen LogP contribution in [0.2, 0.25) is 0 Å². The van der Waals surface area contributed by atoms with Crippen molar-refractivity contribution in [3.05, 3.63) is 105 Å². The number of nitrogens with zero attached hydrogens (tertiary/aromatic N) is 1. The molecule has 36 heavy (non-hydrogen) atoms. The van der Waals surface area contributed by atoms with Gasteiger partial charge in [0.25, 0.3) is 21.5 Å². The molecule has 9 heteroatoms. The van der Waals surface area contributed by atoms with Gasteiger partial charge in [-0.3, -0.25) is 9.59 Å². The Morgan fingerprint density at radius 2 is 1.58 bits per heavy atom. The van der Waals surface area contributed by atoms with E-state index in [1.54, 1.807) is 6.07 Å². The molecule has 0 unspecified atom stereocenters. The molecule has 0 saturated heterocycles. The van der Waals surface area contributed by atoms with Gasteiger partial charge in [-0.15, -0.1) is 0 Å². The molecule has 8 nitrogen and oxygen atoms in total. The van der Waals surface area contributed by atoms with Gasteiger partial charge in [-0.25, -0.2) is 18.1 Å². The smallest absolute Gasteiger partial charge is 0.270 e. The number of sulfonamides is 1. The number of benzene rings is 2. The van der Waals surface area contributed by atoms with Crippen molar-refractivity contribution in [3.8, 4) is 22.9 Å². The molecule has 2 N–H and O–H groups in total. The number of aryl methyl sites for hydroxylation is 4. The summed E-state index contributed by atoms with van der Waals surface area (Å²) in [6.45, 7) is 7.70. The zero-order chi connectivity index (χ0) is 26.0. The van der Waals surface area contributed by atoms with Gasteiger partial charge in [0.05, 0.1) is 5.69 Å². The number of carbonyl (C=O) groups is 1. The molecule has 2 aromatic heterocycles. The predicted octanol–water partition coefficient (Wildman–Crippen LogP) is 4.58. The van der Waals surface area contributed by atoms with Crippen LogP contribution in [0.4, 0.5) is 0 Å². The number of amides is 1. The lowest BCUT2D eigenvalue weighted by Crippen LogP contribution is -2.34. The summed E-state index contributed by atoms with van der Waals surface area (Å²) in [5.41, 5.74) is 4.22. The van der Waals surface area contributed by atoms with E-state index < -0.39 is 26.4 Å². The number of carbonyl (C=O) groups excluding carboxylic acids is 1. The molecule has 0 spiro atoms. The molecule has 0 bridgehead atoms. The zero-order valence-corrected chi connectivity index (χ0v) is 21.1. The number of aromatic nitrogens is 2. The second kappa shape index (κ2) is 9.79. The van der Waals surface area contributed by atoms with Crippen LogP contribution < -0.4 is 15.0 Å². The standard InChI is InChI=1S/C27H25N3O5S/c1-16-7-9-20(10-8-16)22-12-11-21(25(31)30-36(33,34)23-6-5-13-28-26(23)32)27(29-22)35-24-18(3)14-17(2)15-19(24)4/h5-15H,1-4H3,(H,28,32)(H,30,31). The summed E-state index contributed by atoms with van der Waals surface area (Å²) >= 11 is 0. The van der Waals surface area contributed by atoms with Gasteiger partial charge in [-0.1, -0.05) is 47.5 Å². The molecule has 0 radical (unpaired) electrons. The van der Waals surface area contributed by atoms with E-state index in [0.29, 0.717) is 11.4 Å². The maximum Gasteiger partial charge on any atom is 0.270 e. The highest BCUT2D eigenvalue weighted by atomic mass is 32.2. The van der Waals surface area contributed by atoms with Gasteiger partial charge in [-0.2, -0.15) is 0 Å². The average molecular weight is 504 g/mol. The molecule has 2 heterocycles. The Morgan fingerprint density at radius 3 is 2.22 bits per heavy atom. The molecule has 4 aromatic rings. The third-order valence-corrected chi connectivity index (χ3v) is 6.91. The molecule has 0 aliphatic rings. The first-order valence-electron chi connectivity index (χ1n) is 11.1. The predicted molar refractivity (Wildman–Crippen MR) is 137 cm³/mol. The lowest BCUT2D eigenvalue weighted by atomic mass is 10.1. The van der Waals surface area contributed by atoms with Crippen LogP contribution in [0.1, 0.15) is 32.6 Å². The quantitative estimate of drug-likeness (QED) is 0.398. The number of hydrogen-bond acceptors (Lipinski definition) is 6. The molecular weight excluding hydrogens is 478 g/mol. The van der Waals surface area contributed by atoms with Crippen LogP contribution in [0.5, 0.6) is 11.6 Å². The number of hydrogen-bond donors (Lipinski definition) is 2. The van der Waals surface area contributed by atoms with E-state index in [1.165, 1.54) is 18.3 Å². The van der Waals surface area contributed by atoms with Gasteiger partial charge >= 0.3 is 0 Å². The van der Waals surface area contributed by atoms with Gasteiger partial charge in [0.2, 0.25) is 5.88 Å². The number of aromatic amines is 1. The van der Waals surface area contributed by atoms with E-state index in [-0.39, 0.29) is 11.4 Å². The summed E-state index contributed by atoms with van der Waals surface area (Å²) in [7, 11) is -4.44. The molecular formula is C27H25N3O5S. The van der Waals surface area contributed by atoms with Crippen molar-refractivity contribution in [3.63, 3.8) is 0 Å². The normalized spacial score (nSPS) is 11.2. The fraction of sp³-hybridized carbons (Fsp3) is 0.148. The summed E-state index contributed by atoms with van der Waals surface area (Å²) in [6, 6.07) is 17.1. The fourth-order valence-corrected chi connectivity index (χ4v) is 4.88. The molecule has 0 aliphatic carbocycles. The monoisotopic (exact) mass is 503 g/mol. The first kappa shape index (κ1) is 24.9. The summed E-state index contributed by atoms with van der Waals surface area (Å²) < 4.78 is 33.6. The highest BCUT2D eigenvalue weighted by Gasteiger charge is 2.25. The molecule has 0 fully saturated rings. The zero-order valence-electron chi connectivity index (χ0n) is 20.2. The van der Waals surface area contributed by atoms with Crippen LogP contribution in [0.25, 0.3) is 11.3 Å². The molecule has 2 aromatic carbocycles. The average Bonchev–Trinajstić information content (AvgIpc) is 2.81. The summed E-state index contributed by atoms with van der Waals surface area (Å²) in [6.07, 6.45) is 1.30. The minimum atomic E-state index is -4.44. The van der Waals surface area contributed by atoms with Crippen LogP contribution in [0, 0.1) is 27.7 Å². The van der Waals surface area contributed by atoms with Crippen molar-refractivity contribution < 1.29 is 17.9 Å². The Morgan fingerprint density at radius 1 is 0.917 bits per heavy atom. The van der Waals surface area contributed by atoms with Crippen molar-refractivity contribution in [1.82, 2.24) is 14.7 Å². The van der Waals surface area contributed by atoms with E-state index in [1.807, 2.05) is 68.8 Å². The molecule has 0 atom stereocenters. The number of ether oxygens (including phenoxy) is 1. The number of pyridine rings is 2. The van der Waals surface area contributed by atoms with Crippen LogP contribution >= 0.6 is 0 Å². The SMILES string of the molecule is Cc1ccc(-c2ccc(C(=O)NS(=O)(=O)c3ccc[nH]c3=O)c(Oc3c(C)cc(C)cc3C)n2)cc1. The molecule has 0 saturated carbocycles. The number of H-pyrrole nitrogens is 1. The highest BCUT2D eigenvalue weighted by molar-refractivity contribution is 7.90. The van der Waals surface area contributed by atoms with E-state index in [2.05, 4.69) is 9.97 Å². The Labute approximate surface area is 209 Å². The third kappa shape index (κ3) is 5.21. The Balaban J connectivity index is 1.79. The van der Waals surface area contributed by atoms with E-state index in [0.717, 1.165) is 33.9 Å². The Bertz CT molecular complexity index is 1600. The fourth-order valence-electron chi connectivity index (χ4n) is 3.85. The first-order chi connectivity index (χ1) is 17.0. The molecule has 1 amide bonds. The van der Waals surface area contributed by atoms with Crippen LogP contribution in [0.15, 0.2) is 76.6 Å². The van der Waals surface area contributed by atoms with Crippen molar-refractivity contribution >= 4 is 15.9 Å². The Hall–Kier alpha value is -4.24. The highest BCUT2D eigenvalue weighted by Crippen LogP contribution is 2.32. The summed E-state index contributed by atoms with van der Waals surface area (Å²) in [4.78, 5) is 31.4. The minimum Gasteiger partial charge on any atom is -0.438 e. The second-order valence-electron chi connectivity index (χ2n) is 8.54. The van der Waals surface area contributed by atoms with Gasteiger partial charge < -0.3 is 9.72 Å². The van der Waals surface area contributed by atoms with Crippen LogP contribution in [-0.4, -0.2) is 24.3 Å². The van der Waals surface area contributed by atoms with Gasteiger partial charge in [0, 0.05) is 11.8 Å². The number of rotatable bonds is 6. The molecule has 184 valence electrons. The summed E-state index contributed by atoms with van der Waals surface area (Å²) in [5, 5.41) is 0. The number of nitrogens with one attached hydrogen (secondary N) is 2. The topological polar surface area (TPSA) is 118 Å². The van der Waals surface area contributed by atoms with Crippen molar-refractivity contribution in [2.45, 2.75) is 32.6 Å². The van der Waals surface area contributed by atoms with E-state index in [9.17, 15) is 18.0 Å². The van der Waals surface area contributed by atoms with Gasteiger partial charge in [0.15, 0.2) is 4.90 Å². The lowest BCUT2D eigenvalue weighted by molar-refractivity contribution is 0.0978. The minimum absolute atomic E-state index is 0.0576. The third-order valence-electron chi connectivity index (χ3n) is 5.55. The van der Waals surface area contributed by atoms with Crippen LogP contribution in [-0.2, 0) is 10.0 Å². The molecule has 0 aliphatic heterocycles. The summed E-state index contributed by atoms with van der Waals surface area (Å²) in [5.74, 6) is -0.512. The van der Waals surface area contributed by atoms with Crippen LogP contribution in [0.3, 0.4) is 0 Å². The van der Waals surface area contributed by atoms with Gasteiger partial charge in [-0.05, 0) is 63.1 Å². The Kier molecular flexibility index (Phi) is 6.76. The van der Waals surface area contributed by atoms with E-state index >= 15 is 0 Å². The first-order valence-corrected chi connectivity index (χ1v) is 12.6. The lowest BCUT2D eigenvalue weighted by Gasteiger charge is -2.16. The largest absolute Gasteiger partial charge is 0.438 e. The van der Waals surface area contributed by atoms with Crippen molar-refractivity contribution in [2.75, 3.05) is 0 Å². The van der Waals surface area contributed by atoms with Gasteiger partial charge in [0.1, 0.15) is 11.3 Å². The van der Waals surface area contributed by atoms with Crippen molar-refractivity contribution in [1.29, 1.82) is 0 Å². The molecule has 4 rings (SSSR count).